The normalized spacial score (nSPS) is 11.5. The van der Waals surface area contributed by atoms with E-state index >= 15 is 0 Å². The molecule has 5 heteroatoms. The molecule has 4 nitrogen and oxygen atoms in total. The first-order chi connectivity index (χ1) is 9.55. The number of rotatable bonds is 6. The molecule has 0 amide bonds. The zero-order chi connectivity index (χ0) is 15.0. The van der Waals surface area contributed by atoms with E-state index < -0.39 is 0 Å². The summed E-state index contributed by atoms with van der Waals surface area (Å²) in [5, 5.41) is 6.62. The Hall–Kier alpha value is -0.820. The van der Waals surface area contributed by atoms with Gasteiger partial charge in [0, 0.05) is 26.2 Å². The van der Waals surface area contributed by atoms with Crippen LogP contribution in [0.25, 0.3) is 0 Å². The van der Waals surface area contributed by atoms with E-state index in [2.05, 4.69) is 72.6 Å². The summed E-state index contributed by atoms with van der Waals surface area (Å²) in [7, 11) is 3.93. The van der Waals surface area contributed by atoms with Crippen molar-refractivity contribution in [3.63, 3.8) is 0 Å². The third-order valence-corrected chi connectivity index (χ3v) is 3.09. The van der Waals surface area contributed by atoms with E-state index in [4.69, 9.17) is 0 Å². The molecule has 1 rings (SSSR count). The number of hydrogen-bond acceptors (Lipinski definition) is 2. The fourth-order valence-electron chi connectivity index (χ4n) is 1.92. The molecule has 0 aliphatic rings. The lowest BCUT2D eigenvalue weighted by Crippen LogP contribution is -2.40. The van der Waals surface area contributed by atoms with Gasteiger partial charge in [0.1, 0.15) is 0 Å². The van der Waals surface area contributed by atoms with Crippen LogP contribution in [-0.2, 0) is 13.1 Å². The number of hydrogen-bond donors (Lipinski definition) is 2. The van der Waals surface area contributed by atoms with Crippen LogP contribution in [0.1, 0.15) is 31.9 Å². The minimum atomic E-state index is 0. The molecule has 0 spiro atoms. The summed E-state index contributed by atoms with van der Waals surface area (Å²) in [6, 6.07) is 9.07. The van der Waals surface area contributed by atoms with Crippen LogP contribution in [0, 0.1) is 0 Å². The lowest BCUT2D eigenvalue weighted by molar-refractivity contribution is 0.345. The van der Waals surface area contributed by atoms with Gasteiger partial charge < -0.3 is 15.5 Å². The van der Waals surface area contributed by atoms with E-state index in [0.717, 1.165) is 25.6 Å². The molecule has 0 aliphatic heterocycles. The van der Waals surface area contributed by atoms with Crippen molar-refractivity contribution in [3.05, 3.63) is 35.4 Å². The van der Waals surface area contributed by atoms with Crippen LogP contribution in [0.2, 0.25) is 0 Å². The van der Waals surface area contributed by atoms with Crippen LogP contribution < -0.4 is 10.6 Å². The van der Waals surface area contributed by atoms with Gasteiger partial charge in [-0.05, 0) is 38.6 Å². The number of halogens is 1. The first-order valence-electron chi connectivity index (χ1n) is 7.28. The smallest absolute Gasteiger partial charge is 0.191 e. The summed E-state index contributed by atoms with van der Waals surface area (Å²) in [4.78, 5) is 6.51. The van der Waals surface area contributed by atoms with Crippen LogP contribution >= 0.6 is 24.0 Å². The Kier molecular flexibility index (Phi) is 10.4. The van der Waals surface area contributed by atoms with Crippen molar-refractivity contribution in [1.82, 2.24) is 15.5 Å². The van der Waals surface area contributed by atoms with Crippen molar-refractivity contribution in [2.45, 2.75) is 39.9 Å². The Bertz CT molecular complexity index is 432. The van der Waals surface area contributed by atoms with Gasteiger partial charge in [-0.1, -0.05) is 31.2 Å². The second-order valence-electron chi connectivity index (χ2n) is 5.38. The molecule has 0 bridgehead atoms. The first kappa shape index (κ1) is 20.2. The minimum absolute atomic E-state index is 0. The van der Waals surface area contributed by atoms with Gasteiger partial charge in [0.25, 0.3) is 0 Å². The molecule has 21 heavy (non-hydrogen) atoms. The summed E-state index contributed by atoms with van der Waals surface area (Å²) >= 11 is 0. The minimum Gasteiger partial charge on any atom is -0.354 e. The summed E-state index contributed by atoms with van der Waals surface area (Å²) in [5.41, 5.74) is 2.62. The summed E-state index contributed by atoms with van der Waals surface area (Å²) in [5.74, 6) is 0.844. The molecule has 2 N–H and O–H groups in total. The summed E-state index contributed by atoms with van der Waals surface area (Å²) < 4.78 is 0. The maximum absolute atomic E-state index is 4.21. The molecule has 0 unspecified atom stereocenters. The van der Waals surface area contributed by atoms with Gasteiger partial charge in [-0.25, -0.2) is 0 Å². The monoisotopic (exact) mass is 404 g/mol. The number of benzene rings is 1. The average Bonchev–Trinajstić information content (AvgIpc) is 2.43. The van der Waals surface area contributed by atoms with Crippen molar-refractivity contribution >= 4 is 29.9 Å². The zero-order valence-corrected chi connectivity index (χ0v) is 16.1. The van der Waals surface area contributed by atoms with Gasteiger partial charge >= 0.3 is 0 Å². The maximum atomic E-state index is 4.21. The molecule has 0 radical (unpaired) electrons. The van der Waals surface area contributed by atoms with E-state index in [0.29, 0.717) is 6.04 Å². The van der Waals surface area contributed by atoms with Gasteiger partial charge in [-0.3, -0.25) is 4.99 Å². The molecule has 1 aromatic carbocycles. The van der Waals surface area contributed by atoms with E-state index in [1.165, 1.54) is 11.1 Å². The Labute approximate surface area is 146 Å². The van der Waals surface area contributed by atoms with Gasteiger partial charge in [-0.2, -0.15) is 0 Å². The maximum Gasteiger partial charge on any atom is 0.191 e. The van der Waals surface area contributed by atoms with Gasteiger partial charge in [0.15, 0.2) is 5.96 Å². The van der Waals surface area contributed by atoms with Crippen LogP contribution in [0.15, 0.2) is 29.3 Å². The van der Waals surface area contributed by atoms with Crippen molar-refractivity contribution in [3.8, 4) is 0 Å². The predicted molar refractivity (Wildman–Crippen MR) is 102 cm³/mol. The Morgan fingerprint density at radius 3 is 2.52 bits per heavy atom. The average molecular weight is 404 g/mol. The number of aliphatic imine (C=N–C) groups is 1. The van der Waals surface area contributed by atoms with E-state index in [1.54, 1.807) is 7.05 Å². The van der Waals surface area contributed by atoms with E-state index in [-0.39, 0.29) is 24.0 Å². The van der Waals surface area contributed by atoms with E-state index in [9.17, 15) is 0 Å². The molecule has 0 aromatic heterocycles. The SMILES string of the molecule is CCN(C)Cc1cccc(CNC(=NC)NC(C)C)c1.I. The van der Waals surface area contributed by atoms with Crippen LogP contribution in [0.5, 0.6) is 0 Å². The number of guanidine groups is 1. The van der Waals surface area contributed by atoms with Crippen molar-refractivity contribution in [1.29, 1.82) is 0 Å². The van der Waals surface area contributed by atoms with Gasteiger partial charge in [0.2, 0.25) is 0 Å². The lowest BCUT2D eigenvalue weighted by atomic mass is 10.1. The lowest BCUT2D eigenvalue weighted by Gasteiger charge is -2.16. The first-order valence-corrected chi connectivity index (χ1v) is 7.28. The van der Waals surface area contributed by atoms with Crippen molar-refractivity contribution < 1.29 is 0 Å². The highest BCUT2D eigenvalue weighted by Crippen LogP contribution is 2.07. The molecule has 0 atom stereocenters. The topological polar surface area (TPSA) is 39.7 Å². The van der Waals surface area contributed by atoms with Crippen LogP contribution in [0.4, 0.5) is 0 Å². The Balaban J connectivity index is 0.00000400. The predicted octanol–water partition coefficient (Wildman–Crippen LogP) is 2.83. The Morgan fingerprint density at radius 1 is 1.29 bits per heavy atom. The fourth-order valence-corrected chi connectivity index (χ4v) is 1.92. The summed E-state index contributed by atoms with van der Waals surface area (Å²) in [6.45, 7) is 9.22. The van der Waals surface area contributed by atoms with Gasteiger partial charge in [-0.15, -0.1) is 24.0 Å². The van der Waals surface area contributed by atoms with Gasteiger partial charge in [0.05, 0.1) is 0 Å². The highest BCUT2D eigenvalue weighted by molar-refractivity contribution is 14.0. The van der Waals surface area contributed by atoms with E-state index in [1.807, 2.05) is 0 Å². The molecular weight excluding hydrogens is 375 g/mol. The molecule has 120 valence electrons. The van der Waals surface area contributed by atoms with Crippen molar-refractivity contribution in [2.75, 3.05) is 20.6 Å². The summed E-state index contributed by atoms with van der Waals surface area (Å²) in [6.07, 6.45) is 0. The van der Waals surface area contributed by atoms with Crippen LogP contribution in [0.3, 0.4) is 0 Å². The molecule has 0 saturated carbocycles. The Morgan fingerprint density at radius 2 is 1.95 bits per heavy atom. The largest absolute Gasteiger partial charge is 0.354 e. The molecular formula is C16H29IN4. The molecule has 0 saturated heterocycles. The third kappa shape index (κ3) is 8.26. The standard InChI is InChI=1S/C16H28N4.HI/c1-6-20(5)12-15-9-7-8-14(10-15)11-18-16(17-4)19-13(2)3;/h7-10,13H,6,11-12H2,1-5H3,(H2,17,18,19);1H. The molecule has 1 aromatic rings. The second-order valence-corrected chi connectivity index (χ2v) is 5.38. The molecule has 0 heterocycles. The third-order valence-electron chi connectivity index (χ3n) is 3.09. The number of nitrogens with one attached hydrogen (secondary N) is 2. The second kappa shape index (κ2) is 10.8. The molecule has 0 fully saturated rings. The zero-order valence-electron chi connectivity index (χ0n) is 13.8. The highest BCUT2D eigenvalue weighted by Gasteiger charge is 2.02. The van der Waals surface area contributed by atoms with Crippen LogP contribution in [-0.4, -0.2) is 37.5 Å². The quantitative estimate of drug-likeness (QED) is 0.435. The molecule has 0 aliphatic carbocycles. The van der Waals surface area contributed by atoms with Crippen molar-refractivity contribution in [2.24, 2.45) is 4.99 Å². The highest BCUT2D eigenvalue weighted by atomic mass is 127. The number of nitrogens with zero attached hydrogens (tertiary/aromatic N) is 2. The fraction of sp³-hybridized carbons (Fsp3) is 0.562.